The van der Waals surface area contributed by atoms with Crippen molar-refractivity contribution in [2.24, 2.45) is 0 Å². The van der Waals surface area contributed by atoms with E-state index in [0.29, 0.717) is 16.7 Å². The molecule has 2 nitrogen and oxygen atoms in total. The molecule has 0 saturated heterocycles. The van der Waals surface area contributed by atoms with Gasteiger partial charge in [0, 0.05) is 5.56 Å². The number of aliphatic carboxylic acids is 1. The quantitative estimate of drug-likeness (QED) is 0.830. The van der Waals surface area contributed by atoms with Gasteiger partial charge in [-0.1, -0.05) is 42.5 Å². The first kappa shape index (κ1) is 12.6. The number of carboxylic acids is 1. The van der Waals surface area contributed by atoms with E-state index in [1.807, 2.05) is 0 Å². The van der Waals surface area contributed by atoms with Crippen molar-refractivity contribution < 1.29 is 14.3 Å². The van der Waals surface area contributed by atoms with Gasteiger partial charge >= 0.3 is 5.97 Å². The number of carboxylic acid groups (broad SMARTS) is 1. The lowest BCUT2D eigenvalue weighted by Crippen LogP contribution is -2.04. The fraction of sp³-hybridized carbons (Fsp3) is 0.0714. The molecular formula is C14H11FO2S. The van der Waals surface area contributed by atoms with Crippen molar-refractivity contribution in [3.63, 3.8) is 0 Å². The van der Waals surface area contributed by atoms with E-state index in [0.717, 1.165) is 0 Å². The Labute approximate surface area is 109 Å². The molecule has 0 saturated carbocycles. The second kappa shape index (κ2) is 5.23. The van der Waals surface area contributed by atoms with Gasteiger partial charge in [0.05, 0.1) is 0 Å². The Morgan fingerprint density at radius 1 is 1.11 bits per heavy atom. The smallest absolute Gasteiger partial charge is 0.320 e. The maximum absolute atomic E-state index is 13.6. The highest BCUT2D eigenvalue weighted by Gasteiger charge is 2.14. The maximum Gasteiger partial charge on any atom is 0.320 e. The molecule has 2 aromatic rings. The maximum atomic E-state index is 13.6. The summed E-state index contributed by atoms with van der Waals surface area (Å²) in [6.07, 6.45) is 0. The van der Waals surface area contributed by atoms with Crippen LogP contribution in [0.3, 0.4) is 0 Å². The predicted octanol–water partition coefficient (Wildman–Crippen LogP) is 3.55. The number of benzene rings is 2. The Bertz CT molecular complexity index is 566. The van der Waals surface area contributed by atoms with Crippen LogP contribution in [0.4, 0.5) is 4.39 Å². The zero-order chi connectivity index (χ0) is 13.1. The molecule has 0 heterocycles. The Balaban J connectivity index is 2.34. The number of hydrogen-bond donors (Lipinski definition) is 2. The lowest BCUT2D eigenvalue weighted by molar-refractivity contribution is -0.136. The monoisotopic (exact) mass is 262 g/mol. The summed E-state index contributed by atoms with van der Waals surface area (Å²) in [5, 5.41) is 7.97. The van der Waals surface area contributed by atoms with Crippen LogP contribution in [-0.2, 0) is 4.79 Å². The molecule has 2 rings (SSSR count). The van der Waals surface area contributed by atoms with Gasteiger partial charge in [-0.2, -0.15) is 12.6 Å². The van der Waals surface area contributed by atoms with Crippen LogP contribution >= 0.6 is 12.6 Å². The fourth-order valence-corrected chi connectivity index (χ4v) is 1.85. The summed E-state index contributed by atoms with van der Waals surface area (Å²) in [4.78, 5) is 10.8. The largest absolute Gasteiger partial charge is 0.480 e. The standard InChI is InChI=1S/C14H11FO2S/c15-12-4-2-1-3-11(12)9-5-7-10(8-6-9)13(18)14(16)17/h1-8,13,18H,(H,16,17). The van der Waals surface area contributed by atoms with E-state index in [9.17, 15) is 9.18 Å². The molecule has 1 unspecified atom stereocenters. The molecule has 0 radical (unpaired) electrons. The van der Waals surface area contributed by atoms with Crippen LogP contribution in [0.2, 0.25) is 0 Å². The molecule has 0 aliphatic heterocycles. The highest BCUT2D eigenvalue weighted by atomic mass is 32.1. The molecule has 2 aromatic carbocycles. The van der Waals surface area contributed by atoms with E-state index in [4.69, 9.17) is 5.11 Å². The number of thiol groups is 1. The predicted molar refractivity (Wildman–Crippen MR) is 71.2 cm³/mol. The van der Waals surface area contributed by atoms with E-state index in [1.165, 1.54) is 6.07 Å². The minimum atomic E-state index is -1.00. The second-order valence-electron chi connectivity index (χ2n) is 3.84. The van der Waals surface area contributed by atoms with Gasteiger partial charge in [0.25, 0.3) is 0 Å². The van der Waals surface area contributed by atoms with Gasteiger partial charge in [-0.05, 0) is 17.2 Å². The topological polar surface area (TPSA) is 37.3 Å². The van der Waals surface area contributed by atoms with Crippen LogP contribution < -0.4 is 0 Å². The van der Waals surface area contributed by atoms with Crippen molar-refractivity contribution >= 4 is 18.6 Å². The average molecular weight is 262 g/mol. The van der Waals surface area contributed by atoms with E-state index in [-0.39, 0.29) is 5.82 Å². The first-order valence-electron chi connectivity index (χ1n) is 5.35. The van der Waals surface area contributed by atoms with Gasteiger partial charge in [0.1, 0.15) is 11.1 Å². The first-order chi connectivity index (χ1) is 8.59. The average Bonchev–Trinajstić information content (AvgIpc) is 2.38. The molecule has 0 aliphatic rings. The Morgan fingerprint density at radius 3 is 2.28 bits per heavy atom. The van der Waals surface area contributed by atoms with Gasteiger partial charge in [-0.25, -0.2) is 4.39 Å². The summed E-state index contributed by atoms with van der Waals surface area (Å²) in [6, 6.07) is 13.1. The molecule has 0 aliphatic carbocycles. The molecule has 92 valence electrons. The highest BCUT2D eigenvalue weighted by molar-refractivity contribution is 7.81. The van der Waals surface area contributed by atoms with Crippen LogP contribution in [0.15, 0.2) is 48.5 Å². The Hall–Kier alpha value is -1.81. The van der Waals surface area contributed by atoms with E-state index < -0.39 is 11.2 Å². The van der Waals surface area contributed by atoms with Crippen LogP contribution in [0, 0.1) is 5.82 Å². The lowest BCUT2D eigenvalue weighted by Gasteiger charge is -2.08. The molecular weight excluding hydrogens is 251 g/mol. The molecule has 0 amide bonds. The molecule has 1 N–H and O–H groups in total. The summed E-state index contributed by atoms with van der Waals surface area (Å²) >= 11 is 3.98. The van der Waals surface area contributed by atoms with Crippen molar-refractivity contribution in [2.45, 2.75) is 5.25 Å². The van der Waals surface area contributed by atoms with Crippen LogP contribution in [0.5, 0.6) is 0 Å². The van der Waals surface area contributed by atoms with Crippen LogP contribution in [0.25, 0.3) is 11.1 Å². The summed E-state index contributed by atoms with van der Waals surface area (Å²) < 4.78 is 13.6. The first-order valence-corrected chi connectivity index (χ1v) is 5.87. The van der Waals surface area contributed by atoms with E-state index >= 15 is 0 Å². The number of rotatable bonds is 3. The minimum Gasteiger partial charge on any atom is -0.480 e. The molecule has 1 atom stereocenters. The third kappa shape index (κ3) is 2.54. The normalized spacial score (nSPS) is 12.1. The van der Waals surface area contributed by atoms with Crippen molar-refractivity contribution in [3.8, 4) is 11.1 Å². The number of carbonyl (C=O) groups is 1. The fourth-order valence-electron chi connectivity index (χ4n) is 1.68. The molecule has 0 spiro atoms. The Morgan fingerprint density at radius 2 is 1.72 bits per heavy atom. The number of halogens is 1. The van der Waals surface area contributed by atoms with Gasteiger partial charge in [0.15, 0.2) is 0 Å². The highest BCUT2D eigenvalue weighted by Crippen LogP contribution is 2.26. The summed E-state index contributed by atoms with van der Waals surface area (Å²) in [5.41, 5.74) is 1.78. The summed E-state index contributed by atoms with van der Waals surface area (Å²) in [6.45, 7) is 0. The number of hydrogen-bond acceptors (Lipinski definition) is 2. The molecule has 0 aromatic heterocycles. The zero-order valence-electron chi connectivity index (χ0n) is 9.38. The molecule has 4 heteroatoms. The zero-order valence-corrected chi connectivity index (χ0v) is 10.3. The van der Waals surface area contributed by atoms with Gasteiger partial charge in [-0.3, -0.25) is 4.79 Å². The van der Waals surface area contributed by atoms with Crippen LogP contribution in [-0.4, -0.2) is 11.1 Å². The molecule has 0 fully saturated rings. The lowest BCUT2D eigenvalue weighted by atomic mass is 10.0. The third-order valence-electron chi connectivity index (χ3n) is 2.65. The van der Waals surface area contributed by atoms with Crippen molar-refractivity contribution in [2.75, 3.05) is 0 Å². The van der Waals surface area contributed by atoms with Crippen molar-refractivity contribution in [1.82, 2.24) is 0 Å². The molecule has 18 heavy (non-hydrogen) atoms. The second-order valence-corrected chi connectivity index (χ2v) is 4.36. The van der Waals surface area contributed by atoms with E-state index in [2.05, 4.69) is 12.6 Å². The van der Waals surface area contributed by atoms with Gasteiger partial charge in [-0.15, -0.1) is 0 Å². The summed E-state index contributed by atoms with van der Waals surface area (Å²) in [7, 11) is 0. The SMILES string of the molecule is O=C(O)C(S)c1ccc(-c2ccccc2F)cc1. The van der Waals surface area contributed by atoms with Gasteiger partial charge in [0.2, 0.25) is 0 Å². The molecule has 0 bridgehead atoms. The van der Waals surface area contributed by atoms with Crippen LogP contribution in [0.1, 0.15) is 10.8 Å². The third-order valence-corrected chi connectivity index (χ3v) is 3.16. The van der Waals surface area contributed by atoms with E-state index in [1.54, 1.807) is 42.5 Å². The van der Waals surface area contributed by atoms with Crippen molar-refractivity contribution in [1.29, 1.82) is 0 Å². The summed E-state index contributed by atoms with van der Waals surface area (Å²) in [5.74, 6) is -1.30. The van der Waals surface area contributed by atoms with Crippen molar-refractivity contribution in [3.05, 3.63) is 59.9 Å². The minimum absolute atomic E-state index is 0.300. The van der Waals surface area contributed by atoms with Gasteiger partial charge < -0.3 is 5.11 Å². The Kier molecular flexibility index (Phi) is 3.67.